The predicted octanol–water partition coefficient (Wildman–Crippen LogP) is 2.90. The van der Waals surface area contributed by atoms with E-state index in [1.807, 2.05) is 31.2 Å². The van der Waals surface area contributed by atoms with E-state index in [1.165, 1.54) is 6.07 Å². The molecule has 0 aromatic heterocycles. The molecule has 4 heteroatoms. The third kappa shape index (κ3) is 3.28. The molecule has 0 radical (unpaired) electrons. The van der Waals surface area contributed by atoms with Gasteiger partial charge < -0.3 is 10.0 Å². The number of anilines is 1. The molecule has 2 aromatic carbocycles. The van der Waals surface area contributed by atoms with Crippen molar-refractivity contribution >= 4 is 17.6 Å². The Kier molecular flexibility index (Phi) is 4.38. The molecule has 1 N–H and O–H groups in total. The van der Waals surface area contributed by atoms with Crippen LogP contribution in [0, 0.1) is 6.92 Å². The molecule has 0 heterocycles. The van der Waals surface area contributed by atoms with Gasteiger partial charge in [0.25, 0.3) is 0 Å². The van der Waals surface area contributed by atoms with Crippen molar-refractivity contribution in [1.82, 2.24) is 0 Å². The fraction of sp³-hybridized carbons (Fsp3) is 0.176. The Bertz CT molecular complexity index is 679. The number of carboxylic acids is 1. The van der Waals surface area contributed by atoms with E-state index in [9.17, 15) is 9.59 Å². The zero-order valence-electron chi connectivity index (χ0n) is 12.0. The van der Waals surface area contributed by atoms with Crippen LogP contribution in [0.5, 0.6) is 0 Å². The first-order valence-electron chi connectivity index (χ1n) is 6.64. The number of benzene rings is 2. The summed E-state index contributed by atoms with van der Waals surface area (Å²) in [7, 11) is 1.70. The van der Waals surface area contributed by atoms with E-state index < -0.39 is 5.97 Å². The third-order valence-corrected chi connectivity index (χ3v) is 3.44. The van der Waals surface area contributed by atoms with Crippen molar-refractivity contribution in [2.75, 3.05) is 11.9 Å². The molecule has 108 valence electrons. The molecule has 4 nitrogen and oxygen atoms in total. The van der Waals surface area contributed by atoms with Gasteiger partial charge in [0.05, 0.1) is 12.0 Å². The number of rotatable bonds is 4. The van der Waals surface area contributed by atoms with Crippen molar-refractivity contribution in [3.8, 4) is 0 Å². The lowest BCUT2D eigenvalue weighted by Crippen LogP contribution is -2.29. The van der Waals surface area contributed by atoms with E-state index in [2.05, 4.69) is 0 Å². The summed E-state index contributed by atoms with van der Waals surface area (Å²) in [5.74, 6) is -1.16. The van der Waals surface area contributed by atoms with Gasteiger partial charge >= 0.3 is 5.97 Å². The van der Waals surface area contributed by atoms with Crippen LogP contribution >= 0.6 is 0 Å². The Morgan fingerprint density at radius 2 is 1.67 bits per heavy atom. The maximum Gasteiger partial charge on any atom is 0.335 e. The van der Waals surface area contributed by atoms with Crippen molar-refractivity contribution in [2.45, 2.75) is 13.3 Å². The lowest BCUT2D eigenvalue weighted by atomic mass is 10.0. The van der Waals surface area contributed by atoms with E-state index in [0.29, 0.717) is 5.56 Å². The number of amides is 1. The maximum atomic E-state index is 12.4. The van der Waals surface area contributed by atoms with Crippen molar-refractivity contribution in [2.24, 2.45) is 0 Å². The van der Waals surface area contributed by atoms with Crippen LogP contribution < -0.4 is 4.90 Å². The first kappa shape index (κ1) is 14.8. The minimum absolute atomic E-state index is 0.0628. The van der Waals surface area contributed by atoms with Crippen molar-refractivity contribution < 1.29 is 14.7 Å². The fourth-order valence-electron chi connectivity index (χ4n) is 2.24. The highest BCUT2D eigenvalue weighted by Crippen LogP contribution is 2.19. The number of likely N-dealkylation sites (N-methyl/N-ethyl adjacent to an activating group) is 1. The van der Waals surface area contributed by atoms with E-state index in [-0.39, 0.29) is 17.9 Å². The molecule has 2 rings (SSSR count). The molecule has 2 aromatic rings. The maximum absolute atomic E-state index is 12.4. The highest BCUT2D eigenvalue weighted by atomic mass is 16.4. The number of para-hydroxylation sites is 1. The lowest BCUT2D eigenvalue weighted by Gasteiger charge is -2.20. The molecule has 0 aliphatic heterocycles. The first-order valence-corrected chi connectivity index (χ1v) is 6.64. The summed E-state index contributed by atoms with van der Waals surface area (Å²) in [5, 5.41) is 9.15. The molecule has 0 saturated carbocycles. The first-order chi connectivity index (χ1) is 10.0. The fourth-order valence-corrected chi connectivity index (χ4v) is 2.24. The smallest absolute Gasteiger partial charge is 0.335 e. The van der Waals surface area contributed by atoms with Crippen LogP contribution in [-0.2, 0) is 11.2 Å². The summed E-state index contributed by atoms with van der Waals surface area (Å²) < 4.78 is 0. The topological polar surface area (TPSA) is 57.6 Å². The highest BCUT2D eigenvalue weighted by molar-refractivity contribution is 5.97. The molecule has 0 aliphatic carbocycles. The van der Waals surface area contributed by atoms with Crippen LogP contribution in [0.15, 0.2) is 48.5 Å². The largest absolute Gasteiger partial charge is 0.478 e. The van der Waals surface area contributed by atoms with Gasteiger partial charge in [-0.25, -0.2) is 4.79 Å². The number of nitrogens with zero attached hydrogens (tertiary/aromatic N) is 1. The van der Waals surface area contributed by atoms with Crippen LogP contribution in [0.2, 0.25) is 0 Å². The Morgan fingerprint density at radius 3 is 2.33 bits per heavy atom. The van der Waals surface area contributed by atoms with Crippen molar-refractivity contribution in [3.63, 3.8) is 0 Å². The Morgan fingerprint density at radius 1 is 1.05 bits per heavy atom. The summed E-state index contributed by atoms with van der Waals surface area (Å²) in [6.45, 7) is 1.93. The second kappa shape index (κ2) is 6.22. The zero-order chi connectivity index (χ0) is 15.4. The average Bonchev–Trinajstić information content (AvgIpc) is 2.47. The van der Waals surface area contributed by atoms with E-state index in [0.717, 1.165) is 11.3 Å². The molecule has 0 aliphatic rings. The summed E-state index contributed by atoms with van der Waals surface area (Å²) in [6.07, 6.45) is 0.0628. The number of carboxylic acid groups (broad SMARTS) is 1. The van der Waals surface area contributed by atoms with Crippen LogP contribution in [0.4, 0.5) is 5.69 Å². The Balaban J connectivity index is 2.23. The molecular formula is C17H17NO3. The highest BCUT2D eigenvalue weighted by Gasteiger charge is 2.17. The lowest BCUT2D eigenvalue weighted by molar-refractivity contribution is -0.117. The molecule has 1 amide bonds. The van der Waals surface area contributed by atoms with Crippen LogP contribution in [0.1, 0.15) is 21.5 Å². The Hall–Kier alpha value is -2.62. The summed E-state index contributed by atoms with van der Waals surface area (Å²) in [6, 6.07) is 14.2. The van der Waals surface area contributed by atoms with Gasteiger partial charge in [0.2, 0.25) is 5.91 Å². The monoisotopic (exact) mass is 283 g/mol. The van der Waals surface area contributed by atoms with Gasteiger partial charge in [0.15, 0.2) is 0 Å². The predicted molar refractivity (Wildman–Crippen MR) is 81.7 cm³/mol. The van der Waals surface area contributed by atoms with Gasteiger partial charge in [-0.2, -0.15) is 0 Å². The van der Waals surface area contributed by atoms with Gasteiger partial charge in [0.1, 0.15) is 0 Å². The molecule has 0 spiro atoms. The second-order valence-corrected chi connectivity index (χ2v) is 4.88. The van der Waals surface area contributed by atoms with E-state index in [4.69, 9.17) is 5.11 Å². The van der Waals surface area contributed by atoms with Crippen LogP contribution in [0.3, 0.4) is 0 Å². The van der Waals surface area contributed by atoms with E-state index in [1.54, 1.807) is 30.1 Å². The van der Waals surface area contributed by atoms with Crippen LogP contribution in [-0.4, -0.2) is 24.0 Å². The SMILES string of the molecule is Cc1ccccc1N(C)C(=O)Cc1ccccc1C(=O)O. The van der Waals surface area contributed by atoms with Gasteiger partial charge in [-0.15, -0.1) is 0 Å². The number of hydrogen-bond donors (Lipinski definition) is 1. The Labute approximate surface area is 123 Å². The normalized spacial score (nSPS) is 10.2. The van der Waals surface area contributed by atoms with Crippen LogP contribution in [0.25, 0.3) is 0 Å². The molecule has 0 atom stereocenters. The van der Waals surface area contributed by atoms with Gasteiger partial charge in [-0.1, -0.05) is 36.4 Å². The summed E-state index contributed by atoms with van der Waals surface area (Å²) in [5.41, 5.74) is 2.52. The number of hydrogen-bond acceptors (Lipinski definition) is 2. The zero-order valence-corrected chi connectivity index (χ0v) is 12.0. The van der Waals surface area contributed by atoms with Crippen molar-refractivity contribution in [3.05, 3.63) is 65.2 Å². The molecule has 0 saturated heterocycles. The number of aryl methyl sites for hydroxylation is 1. The molecular weight excluding hydrogens is 266 g/mol. The number of aromatic carboxylic acids is 1. The van der Waals surface area contributed by atoms with Crippen molar-refractivity contribution in [1.29, 1.82) is 0 Å². The second-order valence-electron chi connectivity index (χ2n) is 4.88. The molecule has 21 heavy (non-hydrogen) atoms. The van der Waals surface area contributed by atoms with Gasteiger partial charge in [0, 0.05) is 12.7 Å². The summed E-state index contributed by atoms with van der Waals surface area (Å²) >= 11 is 0. The molecule has 0 fully saturated rings. The minimum atomic E-state index is -1.02. The summed E-state index contributed by atoms with van der Waals surface area (Å²) in [4.78, 5) is 25.1. The third-order valence-electron chi connectivity index (χ3n) is 3.44. The van der Waals surface area contributed by atoms with Gasteiger partial charge in [-0.3, -0.25) is 4.79 Å². The standard InChI is InChI=1S/C17H17NO3/c1-12-7-3-6-10-15(12)18(2)16(19)11-13-8-4-5-9-14(13)17(20)21/h3-10H,11H2,1-2H3,(H,20,21). The quantitative estimate of drug-likeness (QED) is 0.938. The molecule has 0 unspecified atom stereocenters. The minimum Gasteiger partial charge on any atom is -0.478 e. The van der Waals surface area contributed by atoms with Gasteiger partial charge in [-0.05, 0) is 30.2 Å². The number of carbonyl (C=O) groups is 2. The average molecular weight is 283 g/mol. The number of carbonyl (C=O) groups excluding carboxylic acids is 1. The molecule has 0 bridgehead atoms. The van der Waals surface area contributed by atoms with E-state index >= 15 is 0 Å².